The standard InChI is InChI=1S/C20H18N4O4S/c1-26-16-8-7-13(9-17(16)27-2)10-19-23-24-20(28-19)29-12-18(25)22-15-6-4-3-5-14(15)11-21/h3-9H,10,12H2,1-2H3,(H,22,25). The number of nitriles is 1. The number of hydrogen-bond donors (Lipinski definition) is 1. The molecule has 0 atom stereocenters. The molecule has 2 aromatic carbocycles. The largest absolute Gasteiger partial charge is 0.493 e. The van der Waals surface area contributed by atoms with Gasteiger partial charge in [0.2, 0.25) is 11.8 Å². The Kier molecular flexibility index (Phi) is 6.71. The fourth-order valence-electron chi connectivity index (χ4n) is 2.54. The molecule has 0 spiro atoms. The number of carbonyl (C=O) groups excluding carboxylic acids is 1. The van der Waals surface area contributed by atoms with Crippen LogP contribution in [-0.2, 0) is 11.2 Å². The predicted molar refractivity (Wildman–Crippen MR) is 107 cm³/mol. The number of amides is 1. The van der Waals surface area contributed by atoms with Crippen molar-refractivity contribution in [3.05, 3.63) is 59.5 Å². The van der Waals surface area contributed by atoms with Gasteiger partial charge >= 0.3 is 0 Å². The minimum atomic E-state index is -0.266. The van der Waals surface area contributed by atoms with Crippen LogP contribution in [0.2, 0.25) is 0 Å². The third-order valence-corrected chi connectivity index (χ3v) is 4.72. The van der Waals surface area contributed by atoms with Crippen molar-refractivity contribution in [2.24, 2.45) is 0 Å². The highest BCUT2D eigenvalue weighted by Gasteiger charge is 2.13. The second kappa shape index (κ2) is 9.61. The van der Waals surface area contributed by atoms with Crippen molar-refractivity contribution in [1.82, 2.24) is 10.2 Å². The molecule has 0 fully saturated rings. The zero-order valence-electron chi connectivity index (χ0n) is 15.8. The minimum absolute atomic E-state index is 0.0811. The third-order valence-electron chi connectivity index (χ3n) is 3.90. The molecule has 3 aromatic rings. The summed E-state index contributed by atoms with van der Waals surface area (Å²) in [7, 11) is 3.15. The van der Waals surface area contributed by atoms with Crippen LogP contribution in [0, 0.1) is 11.3 Å². The summed E-state index contributed by atoms with van der Waals surface area (Å²) >= 11 is 1.13. The molecule has 0 saturated carbocycles. The Morgan fingerprint density at radius 3 is 2.72 bits per heavy atom. The average Bonchev–Trinajstić information content (AvgIpc) is 3.19. The van der Waals surface area contributed by atoms with Gasteiger partial charge in [-0.3, -0.25) is 4.79 Å². The fourth-order valence-corrected chi connectivity index (χ4v) is 3.12. The fraction of sp³-hybridized carbons (Fsp3) is 0.200. The molecule has 148 valence electrons. The smallest absolute Gasteiger partial charge is 0.277 e. The number of aromatic nitrogens is 2. The number of benzene rings is 2. The number of hydrogen-bond acceptors (Lipinski definition) is 8. The summed E-state index contributed by atoms with van der Waals surface area (Å²) in [5.74, 6) is 1.50. The van der Waals surface area contributed by atoms with E-state index in [1.54, 1.807) is 38.5 Å². The number of ether oxygens (including phenoxy) is 2. The number of thioether (sulfide) groups is 1. The van der Waals surface area contributed by atoms with Crippen LogP contribution in [0.3, 0.4) is 0 Å². The van der Waals surface area contributed by atoms with Gasteiger partial charge < -0.3 is 19.2 Å². The lowest BCUT2D eigenvalue weighted by Gasteiger charge is -2.08. The minimum Gasteiger partial charge on any atom is -0.493 e. The van der Waals surface area contributed by atoms with E-state index in [2.05, 4.69) is 15.5 Å². The van der Waals surface area contributed by atoms with Crippen LogP contribution in [0.4, 0.5) is 5.69 Å². The summed E-state index contributed by atoms with van der Waals surface area (Å²) in [5, 5.41) is 20.0. The van der Waals surface area contributed by atoms with Crippen molar-refractivity contribution in [3.63, 3.8) is 0 Å². The van der Waals surface area contributed by atoms with Crippen LogP contribution in [0.5, 0.6) is 11.5 Å². The lowest BCUT2D eigenvalue weighted by atomic mass is 10.1. The van der Waals surface area contributed by atoms with Crippen LogP contribution < -0.4 is 14.8 Å². The van der Waals surface area contributed by atoms with Crippen molar-refractivity contribution in [2.45, 2.75) is 11.6 Å². The Balaban J connectivity index is 1.56. The Morgan fingerprint density at radius 1 is 1.17 bits per heavy atom. The SMILES string of the molecule is COc1ccc(Cc2nnc(SCC(=O)Nc3ccccc3C#N)o2)cc1OC. The summed E-state index contributed by atoms with van der Waals surface area (Å²) < 4.78 is 16.1. The Labute approximate surface area is 171 Å². The molecule has 0 radical (unpaired) electrons. The van der Waals surface area contributed by atoms with Gasteiger partial charge in [-0.1, -0.05) is 30.0 Å². The Bertz CT molecular complexity index is 1040. The van der Waals surface area contributed by atoms with Gasteiger partial charge in [0.25, 0.3) is 5.22 Å². The monoisotopic (exact) mass is 410 g/mol. The van der Waals surface area contributed by atoms with Gasteiger partial charge in [-0.05, 0) is 29.8 Å². The topological polar surface area (TPSA) is 110 Å². The van der Waals surface area contributed by atoms with E-state index in [-0.39, 0.29) is 11.7 Å². The molecule has 0 aliphatic rings. The number of nitrogens with zero attached hydrogens (tertiary/aromatic N) is 3. The maximum Gasteiger partial charge on any atom is 0.277 e. The van der Waals surface area contributed by atoms with Crippen LogP contribution in [0.1, 0.15) is 17.0 Å². The lowest BCUT2D eigenvalue weighted by Crippen LogP contribution is -2.14. The molecule has 8 nitrogen and oxygen atoms in total. The van der Waals surface area contributed by atoms with Gasteiger partial charge in [-0.15, -0.1) is 10.2 Å². The van der Waals surface area contributed by atoms with Gasteiger partial charge in [-0.2, -0.15) is 5.26 Å². The van der Waals surface area contributed by atoms with Crippen LogP contribution in [0.25, 0.3) is 0 Å². The van der Waals surface area contributed by atoms with Crippen LogP contribution in [-0.4, -0.2) is 36.1 Å². The maximum absolute atomic E-state index is 12.1. The molecule has 9 heteroatoms. The molecule has 0 unspecified atom stereocenters. The normalized spacial score (nSPS) is 10.2. The number of para-hydroxylation sites is 1. The van der Waals surface area contributed by atoms with E-state index in [0.717, 1.165) is 17.3 Å². The van der Waals surface area contributed by atoms with Crippen molar-refractivity contribution in [1.29, 1.82) is 5.26 Å². The molecule has 0 aliphatic heterocycles. The average molecular weight is 410 g/mol. The van der Waals surface area contributed by atoms with Gasteiger partial charge in [0.15, 0.2) is 11.5 Å². The van der Waals surface area contributed by atoms with Crippen molar-refractivity contribution in [3.8, 4) is 17.6 Å². The predicted octanol–water partition coefficient (Wildman–Crippen LogP) is 3.28. The van der Waals surface area contributed by atoms with Crippen LogP contribution in [0.15, 0.2) is 52.1 Å². The molecule has 1 amide bonds. The Hall–Kier alpha value is -3.51. The molecule has 1 aromatic heterocycles. The second-order valence-electron chi connectivity index (χ2n) is 5.82. The lowest BCUT2D eigenvalue weighted by molar-refractivity contribution is -0.113. The van der Waals surface area contributed by atoms with E-state index in [1.165, 1.54) is 0 Å². The first-order valence-corrected chi connectivity index (χ1v) is 9.56. The van der Waals surface area contributed by atoms with Gasteiger partial charge in [0.1, 0.15) is 6.07 Å². The van der Waals surface area contributed by atoms with Gasteiger partial charge in [-0.25, -0.2) is 0 Å². The molecule has 0 saturated heterocycles. The molecule has 0 aliphatic carbocycles. The summed E-state index contributed by atoms with van der Waals surface area (Å²) in [4.78, 5) is 12.1. The molecule has 1 N–H and O–H groups in total. The first-order valence-electron chi connectivity index (χ1n) is 8.58. The summed E-state index contributed by atoms with van der Waals surface area (Å²) in [6.45, 7) is 0. The maximum atomic E-state index is 12.1. The van der Waals surface area contributed by atoms with E-state index in [9.17, 15) is 4.79 Å². The van der Waals surface area contributed by atoms with E-state index in [1.807, 2.05) is 24.3 Å². The summed E-state index contributed by atoms with van der Waals surface area (Å²) in [6.07, 6.45) is 0.426. The zero-order valence-corrected chi connectivity index (χ0v) is 16.7. The molecular weight excluding hydrogens is 392 g/mol. The molecule has 29 heavy (non-hydrogen) atoms. The highest BCUT2D eigenvalue weighted by molar-refractivity contribution is 7.99. The summed E-state index contributed by atoms with van der Waals surface area (Å²) in [6, 6.07) is 14.4. The Morgan fingerprint density at radius 2 is 1.97 bits per heavy atom. The van der Waals surface area contributed by atoms with Crippen molar-refractivity contribution < 1.29 is 18.7 Å². The second-order valence-corrected chi connectivity index (χ2v) is 6.75. The number of anilines is 1. The van der Waals surface area contributed by atoms with E-state index >= 15 is 0 Å². The molecule has 3 rings (SSSR count). The highest BCUT2D eigenvalue weighted by Crippen LogP contribution is 2.28. The first-order chi connectivity index (χ1) is 14.1. The quantitative estimate of drug-likeness (QED) is 0.563. The van der Waals surface area contributed by atoms with Gasteiger partial charge in [0, 0.05) is 0 Å². The first kappa shape index (κ1) is 20.2. The van der Waals surface area contributed by atoms with Crippen molar-refractivity contribution >= 4 is 23.4 Å². The molecular formula is C20H18N4O4S. The zero-order chi connectivity index (χ0) is 20.6. The molecule has 0 bridgehead atoms. The van der Waals surface area contributed by atoms with E-state index in [0.29, 0.717) is 40.3 Å². The summed E-state index contributed by atoms with van der Waals surface area (Å²) in [5.41, 5.74) is 1.80. The number of rotatable bonds is 8. The van der Waals surface area contributed by atoms with E-state index < -0.39 is 0 Å². The number of methoxy groups -OCH3 is 2. The number of carbonyl (C=O) groups is 1. The highest BCUT2D eigenvalue weighted by atomic mass is 32.2. The van der Waals surface area contributed by atoms with Crippen LogP contribution >= 0.6 is 11.8 Å². The van der Waals surface area contributed by atoms with Gasteiger partial charge in [0.05, 0.1) is 37.6 Å². The van der Waals surface area contributed by atoms with Crippen molar-refractivity contribution in [2.75, 3.05) is 25.3 Å². The number of nitrogens with one attached hydrogen (secondary N) is 1. The van der Waals surface area contributed by atoms with E-state index in [4.69, 9.17) is 19.2 Å². The molecule has 1 heterocycles. The third kappa shape index (κ3) is 5.27.